The van der Waals surface area contributed by atoms with Crippen LogP contribution < -0.4 is 9.47 Å². The van der Waals surface area contributed by atoms with Crippen LogP contribution in [0.5, 0.6) is 0 Å². The van der Waals surface area contributed by atoms with Crippen molar-refractivity contribution in [3.63, 3.8) is 0 Å². The predicted octanol–water partition coefficient (Wildman–Crippen LogP) is 6.31. The highest BCUT2D eigenvalue weighted by atomic mass is 16.6. The zero-order valence-corrected chi connectivity index (χ0v) is 27.9. The molecule has 3 rings (SSSR count). The zero-order valence-electron chi connectivity index (χ0n) is 27.9. The van der Waals surface area contributed by atoms with Gasteiger partial charge in [-0.2, -0.15) is 9.59 Å². The van der Waals surface area contributed by atoms with Gasteiger partial charge in [0.05, 0.1) is 7.05 Å². The molecule has 0 atom stereocenters. The Morgan fingerprint density at radius 1 is 0.844 bits per heavy atom. The molecule has 3 amide bonds. The van der Waals surface area contributed by atoms with Gasteiger partial charge in [-0.15, -0.1) is 10.2 Å². The van der Waals surface area contributed by atoms with E-state index in [1.54, 1.807) is 74.0 Å². The third-order valence-corrected chi connectivity index (χ3v) is 5.64. The Hall–Kier alpha value is -4.81. The highest BCUT2D eigenvalue weighted by Gasteiger charge is 2.45. The Morgan fingerprint density at radius 2 is 1.33 bits per heavy atom. The first-order valence-electron chi connectivity index (χ1n) is 14.3. The molecular weight excluding hydrogens is 580 g/mol. The summed E-state index contributed by atoms with van der Waals surface area (Å²) in [5.74, 6) is 0.0857. The Bertz CT molecular complexity index is 1530. The van der Waals surface area contributed by atoms with Crippen molar-refractivity contribution in [2.75, 3.05) is 11.9 Å². The number of imide groups is 1. The molecule has 1 aromatic carbocycles. The molecule has 13 heteroatoms. The highest BCUT2D eigenvalue weighted by Crippen LogP contribution is 2.31. The molecule has 0 radical (unpaired) electrons. The number of carbonyl (C=O) groups excluding carboxylic acids is 3. The second kappa shape index (κ2) is 13.0. The summed E-state index contributed by atoms with van der Waals surface area (Å²) in [7, 11) is 3.28. The Labute approximate surface area is 263 Å². The molecular formula is C32H43N6O7+. The maximum absolute atomic E-state index is 13.5. The Morgan fingerprint density at radius 3 is 1.82 bits per heavy atom. The largest absolute Gasteiger partial charge is 0.518 e. The summed E-state index contributed by atoms with van der Waals surface area (Å²) in [6, 6.07) is 7.21. The molecule has 0 aliphatic carbocycles. The SMILES string of the molecule is C=Cc1c[n+](C)c(N(C(=O)OC(C)(C)C)C(=O)OC(C)(C)C)c(-c2nnc(-c3ccc(CN(C)C(=O)OC(C)(C)C)cc3)o2)n1. The van der Waals surface area contributed by atoms with Gasteiger partial charge < -0.3 is 23.5 Å². The van der Waals surface area contributed by atoms with Crippen molar-refractivity contribution in [1.82, 2.24) is 20.1 Å². The number of hydrogen-bond acceptors (Lipinski definition) is 10. The van der Waals surface area contributed by atoms with Gasteiger partial charge in [-0.25, -0.2) is 14.3 Å². The third-order valence-electron chi connectivity index (χ3n) is 5.64. The van der Waals surface area contributed by atoms with Gasteiger partial charge in [0.15, 0.2) is 0 Å². The van der Waals surface area contributed by atoms with E-state index < -0.39 is 35.1 Å². The molecule has 0 aliphatic rings. The van der Waals surface area contributed by atoms with Crippen LogP contribution in [0, 0.1) is 0 Å². The summed E-state index contributed by atoms with van der Waals surface area (Å²) in [4.78, 5) is 46.1. The zero-order chi connectivity index (χ0) is 33.9. The molecule has 242 valence electrons. The van der Waals surface area contributed by atoms with E-state index in [2.05, 4.69) is 21.8 Å². The average Bonchev–Trinajstić information content (AvgIpc) is 3.37. The van der Waals surface area contributed by atoms with Crippen molar-refractivity contribution >= 4 is 30.2 Å². The van der Waals surface area contributed by atoms with Crippen molar-refractivity contribution in [3.05, 3.63) is 48.3 Å². The van der Waals surface area contributed by atoms with E-state index in [1.165, 1.54) is 15.5 Å². The van der Waals surface area contributed by atoms with E-state index in [9.17, 15) is 14.4 Å². The number of anilines is 1. The van der Waals surface area contributed by atoms with Crippen LogP contribution in [0.3, 0.4) is 0 Å². The monoisotopic (exact) mass is 623 g/mol. The van der Waals surface area contributed by atoms with Crippen LogP contribution in [-0.2, 0) is 27.8 Å². The van der Waals surface area contributed by atoms with Crippen molar-refractivity contribution < 1.29 is 37.6 Å². The molecule has 45 heavy (non-hydrogen) atoms. The number of rotatable bonds is 6. The van der Waals surface area contributed by atoms with Crippen molar-refractivity contribution in [1.29, 1.82) is 0 Å². The fourth-order valence-electron chi connectivity index (χ4n) is 3.87. The van der Waals surface area contributed by atoms with Gasteiger partial charge in [-0.3, -0.25) is 0 Å². The summed E-state index contributed by atoms with van der Waals surface area (Å²) in [5.41, 5.74) is -0.541. The summed E-state index contributed by atoms with van der Waals surface area (Å²) in [5, 5.41) is 8.38. The van der Waals surface area contributed by atoms with Gasteiger partial charge in [-0.1, -0.05) is 23.6 Å². The topological polar surface area (TPSA) is 141 Å². The molecule has 0 aliphatic heterocycles. The van der Waals surface area contributed by atoms with E-state index in [0.29, 0.717) is 17.8 Å². The number of ether oxygens (including phenoxy) is 3. The van der Waals surface area contributed by atoms with E-state index >= 15 is 0 Å². The van der Waals surface area contributed by atoms with Gasteiger partial charge >= 0.3 is 24.1 Å². The van der Waals surface area contributed by atoms with E-state index in [1.807, 2.05) is 32.9 Å². The first kappa shape index (κ1) is 34.7. The molecule has 0 saturated heterocycles. The molecule has 0 N–H and O–H groups in total. The third kappa shape index (κ3) is 9.59. The minimum Gasteiger partial charge on any atom is -0.444 e. The Balaban J connectivity index is 2.02. The van der Waals surface area contributed by atoms with Gasteiger partial charge in [0, 0.05) is 19.2 Å². The summed E-state index contributed by atoms with van der Waals surface area (Å²) >= 11 is 0. The van der Waals surface area contributed by atoms with Crippen LogP contribution in [0.2, 0.25) is 0 Å². The standard InChI is InChI=1S/C32H43N6O7/c1-13-22-19-36(11)26(38(28(40)44-31(5,6)7)29(41)45-32(8,9)10)23(33-22)25-35-34-24(42-25)21-16-14-20(15-17-21)18-37(12)27(39)43-30(2,3)4/h13-17,19H,1,18H2,2-12H3/q+1. The molecule has 13 nitrogen and oxygen atoms in total. The second-order valence-electron chi connectivity index (χ2n) is 13.4. The van der Waals surface area contributed by atoms with Crippen LogP contribution in [0.15, 0.2) is 41.5 Å². The molecule has 0 bridgehead atoms. The second-order valence-corrected chi connectivity index (χ2v) is 13.4. The number of aryl methyl sites for hydroxylation is 1. The van der Waals surface area contributed by atoms with Gasteiger partial charge in [0.25, 0.3) is 5.89 Å². The van der Waals surface area contributed by atoms with Crippen molar-refractivity contribution in [2.24, 2.45) is 7.05 Å². The lowest BCUT2D eigenvalue weighted by Crippen LogP contribution is -2.50. The molecule has 0 saturated carbocycles. The lowest BCUT2D eigenvalue weighted by Gasteiger charge is -2.24. The number of nitrogens with zero attached hydrogens (tertiary/aromatic N) is 6. The molecule has 0 unspecified atom stereocenters. The normalized spacial score (nSPS) is 11.9. The van der Waals surface area contributed by atoms with Gasteiger partial charge in [0.1, 0.15) is 28.7 Å². The average molecular weight is 624 g/mol. The number of carbonyl (C=O) groups is 3. The lowest BCUT2D eigenvalue weighted by atomic mass is 10.1. The van der Waals surface area contributed by atoms with E-state index in [-0.39, 0.29) is 23.3 Å². The smallest absolute Gasteiger partial charge is 0.444 e. The van der Waals surface area contributed by atoms with Crippen LogP contribution in [0.1, 0.15) is 73.6 Å². The summed E-state index contributed by atoms with van der Waals surface area (Å²) in [6.07, 6.45) is 0.695. The minimum absolute atomic E-state index is 0.0140. The number of amides is 3. The van der Waals surface area contributed by atoms with Gasteiger partial charge in [0.2, 0.25) is 11.6 Å². The first-order valence-corrected chi connectivity index (χ1v) is 14.3. The minimum atomic E-state index is -0.978. The lowest BCUT2D eigenvalue weighted by molar-refractivity contribution is -0.658. The van der Waals surface area contributed by atoms with E-state index in [4.69, 9.17) is 18.6 Å². The highest BCUT2D eigenvalue weighted by molar-refractivity contribution is 6.09. The first-order chi connectivity index (χ1) is 20.7. The predicted molar refractivity (Wildman–Crippen MR) is 167 cm³/mol. The molecule has 2 aromatic heterocycles. The summed E-state index contributed by atoms with van der Waals surface area (Å²) in [6.45, 7) is 19.6. The van der Waals surface area contributed by atoms with Crippen molar-refractivity contribution in [2.45, 2.75) is 85.7 Å². The maximum atomic E-state index is 13.5. The molecule has 2 heterocycles. The van der Waals surface area contributed by atoms with Crippen LogP contribution >= 0.6 is 0 Å². The van der Waals surface area contributed by atoms with E-state index in [0.717, 1.165) is 10.5 Å². The van der Waals surface area contributed by atoms with Crippen LogP contribution in [-0.4, -0.2) is 62.2 Å². The molecule has 0 spiro atoms. The van der Waals surface area contributed by atoms with Gasteiger partial charge in [-0.05, 0) is 86.1 Å². The fourth-order valence-corrected chi connectivity index (χ4v) is 3.87. The van der Waals surface area contributed by atoms with Crippen molar-refractivity contribution in [3.8, 4) is 23.0 Å². The number of hydrogen-bond donors (Lipinski definition) is 0. The Kier molecular flexibility index (Phi) is 10.1. The summed E-state index contributed by atoms with van der Waals surface area (Å²) < 4.78 is 24.1. The maximum Gasteiger partial charge on any atom is 0.518 e. The van der Waals surface area contributed by atoms with Crippen LogP contribution in [0.4, 0.5) is 20.2 Å². The molecule has 0 fully saturated rings. The number of aromatic nitrogens is 4. The quantitative estimate of drug-likeness (QED) is 0.227. The fraction of sp³-hybridized carbons (Fsp3) is 0.469. The van der Waals surface area contributed by atoms with Crippen LogP contribution in [0.25, 0.3) is 29.1 Å². The molecule has 3 aromatic rings. The number of benzene rings is 1.